The molecule has 2 aliphatic rings. The summed E-state index contributed by atoms with van der Waals surface area (Å²) in [5.74, 6) is 0.965. The van der Waals surface area contributed by atoms with Crippen LogP contribution in [0.4, 0.5) is 0 Å². The minimum Gasteiger partial charge on any atom is -0.373 e. The SMILES string of the molecule is CCNC(=NCC(C)(C)N1CC(C)OC(C)C1)N1CCOC(c2cnn(C)c2)C1. The van der Waals surface area contributed by atoms with Crippen molar-refractivity contribution in [1.82, 2.24) is 24.9 Å². The van der Waals surface area contributed by atoms with Gasteiger partial charge in [0.15, 0.2) is 5.96 Å². The number of guanidine groups is 1. The van der Waals surface area contributed by atoms with Crippen LogP contribution < -0.4 is 5.32 Å². The third-order valence-corrected chi connectivity index (χ3v) is 5.69. The van der Waals surface area contributed by atoms with Crippen molar-refractivity contribution in [2.45, 2.75) is 58.5 Å². The summed E-state index contributed by atoms with van der Waals surface area (Å²) in [5, 5.41) is 7.77. The third kappa shape index (κ3) is 5.71. The number of aryl methyl sites for hydroxylation is 1. The Kier molecular flexibility index (Phi) is 7.19. The van der Waals surface area contributed by atoms with E-state index in [0.29, 0.717) is 6.61 Å². The third-order valence-electron chi connectivity index (χ3n) is 5.69. The molecule has 3 rings (SSSR count). The van der Waals surface area contributed by atoms with Crippen LogP contribution >= 0.6 is 0 Å². The largest absolute Gasteiger partial charge is 0.373 e. The number of nitrogens with one attached hydrogen (secondary N) is 1. The predicted molar refractivity (Wildman–Crippen MR) is 115 cm³/mol. The average Bonchev–Trinajstić information content (AvgIpc) is 3.11. The molecule has 3 heterocycles. The summed E-state index contributed by atoms with van der Waals surface area (Å²) in [6, 6.07) is 0. The summed E-state index contributed by atoms with van der Waals surface area (Å²) < 4.78 is 13.7. The molecule has 0 spiro atoms. The Bertz CT molecular complexity index is 678. The number of rotatable bonds is 5. The van der Waals surface area contributed by atoms with Crippen LogP contribution in [0.15, 0.2) is 17.4 Å². The second-order valence-corrected chi connectivity index (χ2v) is 8.90. The zero-order chi connectivity index (χ0) is 21.0. The van der Waals surface area contributed by atoms with E-state index in [9.17, 15) is 0 Å². The topological polar surface area (TPSA) is 67.2 Å². The molecule has 8 heteroatoms. The number of aliphatic imine (C=N–C) groups is 1. The quantitative estimate of drug-likeness (QED) is 0.592. The van der Waals surface area contributed by atoms with Gasteiger partial charge in [-0.2, -0.15) is 5.10 Å². The van der Waals surface area contributed by atoms with Crippen molar-refractivity contribution in [3.8, 4) is 0 Å². The lowest BCUT2D eigenvalue weighted by Crippen LogP contribution is -2.56. The smallest absolute Gasteiger partial charge is 0.194 e. The molecule has 0 bridgehead atoms. The van der Waals surface area contributed by atoms with E-state index in [2.05, 4.69) is 54.8 Å². The highest BCUT2D eigenvalue weighted by Crippen LogP contribution is 2.23. The summed E-state index contributed by atoms with van der Waals surface area (Å²) in [6.45, 7) is 16.8. The van der Waals surface area contributed by atoms with Gasteiger partial charge < -0.3 is 19.7 Å². The molecule has 2 aliphatic heterocycles. The van der Waals surface area contributed by atoms with E-state index < -0.39 is 0 Å². The first kappa shape index (κ1) is 22.1. The van der Waals surface area contributed by atoms with Crippen LogP contribution in [0, 0.1) is 0 Å². The van der Waals surface area contributed by atoms with Gasteiger partial charge in [-0.1, -0.05) is 0 Å². The molecule has 0 aliphatic carbocycles. The Morgan fingerprint density at radius 2 is 2.00 bits per heavy atom. The van der Waals surface area contributed by atoms with Crippen molar-refractivity contribution in [2.75, 3.05) is 45.9 Å². The zero-order valence-corrected chi connectivity index (χ0v) is 18.9. The van der Waals surface area contributed by atoms with Crippen molar-refractivity contribution in [3.63, 3.8) is 0 Å². The normalized spacial score (nSPS) is 27.3. The summed E-state index contributed by atoms with van der Waals surface area (Å²) >= 11 is 0. The summed E-state index contributed by atoms with van der Waals surface area (Å²) in [5.41, 5.74) is 1.09. The van der Waals surface area contributed by atoms with Gasteiger partial charge in [0.2, 0.25) is 0 Å². The van der Waals surface area contributed by atoms with Crippen LogP contribution in [0.25, 0.3) is 0 Å². The van der Waals surface area contributed by atoms with Crippen molar-refractivity contribution >= 4 is 5.96 Å². The van der Waals surface area contributed by atoms with Crippen LogP contribution in [-0.2, 0) is 16.5 Å². The van der Waals surface area contributed by atoms with Gasteiger partial charge >= 0.3 is 0 Å². The van der Waals surface area contributed by atoms with Gasteiger partial charge in [-0.15, -0.1) is 0 Å². The van der Waals surface area contributed by atoms with Crippen molar-refractivity contribution in [1.29, 1.82) is 0 Å². The number of aromatic nitrogens is 2. The molecule has 2 fully saturated rings. The molecule has 29 heavy (non-hydrogen) atoms. The molecule has 0 radical (unpaired) electrons. The highest BCUT2D eigenvalue weighted by atomic mass is 16.5. The number of hydrogen-bond donors (Lipinski definition) is 1. The van der Waals surface area contributed by atoms with Gasteiger partial charge in [0.1, 0.15) is 6.10 Å². The lowest BCUT2D eigenvalue weighted by molar-refractivity contribution is -0.0939. The maximum absolute atomic E-state index is 6.00. The van der Waals surface area contributed by atoms with E-state index in [-0.39, 0.29) is 23.9 Å². The van der Waals surface area contributed by atoms with Gasteiger partial charge in [0, 0.05) is 50.5 Å². The molecular formula is C21H38N6O2. The number of nitrogens with zero attached hydrogens (tertiary/aromatic N) is 5. The standard InChI is InChI=1S/C21H38N6O2/c1-7-22-20(23-15-21(4,5)27-11-16(2)29-17(3)12-27)26-8-9-28-19(14-26)18-10-24-25(6)13-18/h10,13,16-17,19H,7-9,11-12,14-15H2,1-6H3,(H,22,23). The summed E-state index contributed by atoms with van der Waals surface area (Å²) in [4.78, 5) is 9.86. The number of ether oxygens (including phenoxy) is 2. The Hall–Kier alpha value is -1.64. The summed E-state index contributed by atoms with van der Waals surface area (Å²) in [7, 11) is 1.94. The molecule has 3 unspecified atom stereocenters. The Labute approximate surface area is 175 Å². The Morgan fingerprint density at radius 3 is 2.62 bits per heavy atom. The first-order chi connectivity index (χ1) is 13.8. The molecule has 1 N–H and O–H groups in total. The minimum absolute atomic E-state index is 0.0234. The highest BCUT2D eigenvalue weighted by molar-refractivity contribution is 5.80. The van der Waals surface area contributed by atoms with E-state index in [1.54, 1.807) is 0 Å². The van der Waals surface area contributed by atoms with Crippen LogP contribution in [0.3, 0.4) is 0 Å². The van der Waals surface area contributed by atoms with Crippen molar-refractivity contribution in [2.24, 2.45) is 12.0 Å². The van der Waals surface area contributed by atoms with E-state index in [1.165, 1.54) is 0 Å². The fraction of sp³-hybridized carbons (Fsp3) is 0.810. The van der Waals surface area contributed by atoms with Crippen LogP contribution in [0.5, 0.6) is 0 Å². The Morgan fingerprint density at radius 1 is 1.28 bits per heavy atom. The monoisotopic (exact) mass is 406 g/mol. The second-order valence-electron chi connectivity index (χ2n) is 8.90. The van der Waals surface area contributed by atoms with Crippen molar-refractivity contribution in [3.05, 3.63) is 18.0 Å². The first-order valence-corrected chi connectivity index (χ1v) is 10.8. The van der Waals surface area contributed by atoms with Crippen LogP contribution in [-0.4, -0.2) is 89.2 Å². The molecule has 0 amide bonds. The Balaban J connectivity index is 1.68. The van der Waals surface area contributed by atoms with E-state index in [0.717, 1.165) is 50.8 Å². The maximum atomic E-state index is 6.00. The van der Waals surface area contributed by atoms with E-state index >= 15 is 0 Å². The van der Waals surface area contributed by atoms with Crippen LogP contribution in [0.2, 0.25) is 0 Å². The first-order valence-electron chi connectivity index (χ1n) is 10.8. The zero-order valence-electron chi connectivity index (χ0n) is 18.9. The van der Waals surface area contributed by atoms with E-state index in [1.807, 2.05) is 24.1 Å². The fourth-order valence-electron chi connectivity index (χ4n) is 4.12. The van der Waals surface area contributed by atoms with Crippen LogP contribution in [0.1, 0.15) is 46.3 Å². The second kappa shape index (κ2) is 9.45. The van der Waals surface area contributed by atoms with Gasteiger partial charge in [-0.25, -0.2) is 0 Å². The van der Waals surface area contributed by atoms with Gasteiger partial charge in [0.25, 0.3) is 0 Å². The predicted octanol–water partition coefficient (Wildman–Crippen LogP) is 1.65. The number of morpholine rings is 2. The average molecular weight is 407 g/mol. The summed E-state index contributed by atoms with van der Waals surface area (Å²) in [6.07, 6.45) is 4.46. The molecule has 164 valence electrons. The van der Waals surface area contributed by atoms with Gasteiger partial charge in [-0.05, 0) is 34.6 Å². The lowest BCUT2D eigenvalue weighted by atomic mass is 10.0. The molecule has 1 aromatic heterocycles. The maximum Gasteiger partial charge on any atom is 0.194 e. The molecule has 1 aromatic rings. The lowest BCUT2D eigenvalue weighted by Gasteiger charge is -2.44. The molecule has 0 aromatic carbocycles. The molecular weight excluding hydrogens is 368 g/mol. The number of hydrogen-bond acceptors (Lipinski definition) is 5. The highest BCUT2D eigenvalue weighted by Gasteiger charge is 2.33. The van der Waals surface area contributed by atoms with Gasteiger partial charge in [-0.3, -0.25) is 14.6 Å². The molecule has 3 atom stereocenters. The van der Waals surface area contributed by atoms with E-state index in [4.69, 9.17) is 14.5 Å². The van der Waals surface area contributed by atoms with Gasteiger partial charge in [0.05, 0.1) is 38.1 Å². The van der Waals surface area contributed by atoms with Crippen molar-refractivity contribution < 1.29 is 9.47 Å². The fourth-order valence-corrected chi connectivity index (χ4v) is 4.12. The molecule has 0 saturated carbocycles. The molecule has 2 saturated heterocycles. The molecule has 8 nitrogen and oxygen atoms in total. The minimum atomic E-state index is -0.0258.